The van der Waals surface area contributed by atoms with Crippen LogP contribution in [0.2, 0.25) is 0 Å². The maximum Gasteiger partial charge on any atom is 0.230 e. The fraction of sp³-hybridized carbons (Fsp3) is 0.609. The van der Waals surface area contributed by atoms with E-state index >= 15 is 0 Å². The van der Waals surface area contributed by atoms with Gasteiger partial charge in [-0.05, 0) is 39.5 Å². The molecule has 176 valence electrons. The molecule has 0 aliphatic heterocycles. The Morgan fingerprint density at radius 2 is 2.00 bits per heavy atom. The van der Waals surface area contributed by atoms with Gasteiger partial charge < -0.3 is 21.3 Å². The standard InChI is InChI=1S/C23H32N8O2/c1-13(2)31-21-15(20(25)27-12-28-21)17(29-31)18-16(19(33-30-18)14-6-7-14)23(8-4-3-5-9-23)22(32)26-11-10-24/h12-14H,3-11,24H2,1-2H3,(H,26,32)(H2,25,27,28). The molecule has 1 amide bonds. The van der Waals surface area contributed by atoms with Crippen molar-refractivity contribution >= 4 is 22.8 Å². The number of aromatic nitrogens is 5. The number of hydrogen-bond acceptors (Lipinski definition) is 8. The van der Waals surface area contributed by atoms with Crippen LogP contribution in [0.15, 0.2) is 10.9 Å². The zero-order valence-corrected chi connectivity index (χ0v) is 19.3. The molecular formula is C23H32N8O2. The van der Waals surface area contributed by atoms with Gasteiger partial charge >= 0.3 is 0 Å². The van der Waals surface area contributed by atoms with Gasteiger partial charge in [-0.25, -0.2) is 14.6 Å². The molecule has 0 unspecified atom stereocenters. The van der Waals surface area contributed by atoms with E-state index in [1.54, 1.807) is 0 Å². The lowest BCUT2D eigenvalue weighted by Crippen LogP contribution is -2.47. The van der Waals surface area contributed by atoms with Crippen molar-refractivity contribution in [2.75, 3.05) is 18.8 Å². The van der Waals surface area contributed by atoms with Gasteiger partial charge in [0.25, 0.3) is 0 Å². The predicted molar refractivity (Wildman–Crippen MR) is 124 cm³/mol. The number of nitrogen functional groups attached to an aromatic ring is 1. The first-order valence-electron chi connectivity index (χ1n) is 12.0. The Kier molecular flexibility index (Phi) is 5.55. The molecule has 5 N–H and O–H groups in total. The summed E-state index contributed by atoms with van der Waals surface area (Å²) in [4.78, 5) is 22.4. The Bertz CT molecular complexity index is 1170. The van der Waals surface area contributed by atoms with Crippen LogP contribution in [-0.4, -0.2) is 43.9 Å². The number of anilines is 1. The summed E-state index contributed by atoms with van der Waals surface area (Å²) in [6.45, 7) is 4.91. The molecule has 3 aromatic heterocycles. The van der Waals surface area contributed by atoms with Crippen molar-refractivity contribution in [1.82, 2.24) is 30.2 Å². The molecule has 0 saturated heterocycles. The first kappa shape index (κ1) is 21.8. The van der Waals surface area contributed by atoms with Crippen LogP contribution in [0.4, 0.5) is 5.82 Å². The summed E-state index contributed by atoms with van der Waals surface area (Å²) < 4.78 is 7.81. The highest BCUT2D eigenvalue weighted by molar-refractivity contribution is 6.00. The molecule has 3 heterocycles. The third-order valence-electron chi connectivity index (χ3n) is 6.95. The van der Waals surface area contributed by atoms with Gasteiger partial charge in [-0.1, -0.05) is 24.4 Å². The zero-order valence-electron chi connectivity index (χ0n) is 19.3. The van der Waals surface area contributed by atoms with E-state index in [-0.39, 0.29) is 17.9 Å². The van der Waals surface area contributed by atoms with E-state index in [2.05, 4.69) is 20.4 Å². The van der Waals surface area contributed by atoms with Crippen LogP contribution < -0.4 is 16.8 Å². The van der Waals surface area contributed by atoms with E-state index < -0.39 is 5.41 Å². The van der Waals surface area contributed by atoms with Crippen molar-refractivity contribution in [3.63, 3.8) is 0 Å². The van der Waals surface area contributed by atoms with Crippen molar-refractivity contribution in [2.45, 2.75) is 76.2 Å². The smallest absolute Gasteiger partial charge is 0.230 e. The number of nitrogens with zero attached hydrogens (tertiary/aromatic N) is 5. The minimum Gasteiger partial charge on any atom is -0.383 e. The van der Waals surface area contributed by atoms with Crippen molar-refractivity contribution in [1.29, 1.82) is 0 Å². The third-order valence-corrected chi connectivity index (χ3v) is 6.95. The fourth-order valence-electron chi connectivity index (χ4n) is 5.17. The average molecular weight is 453 g/mol. The number of fused-ring (bicyclic) bond motifs is 1. The Labute approximate surface area is 192 Å². The fourth-order valence-corrected chi connectivity index (χ4v) is 5.17. The molecule has 2 aliphatic carbocycles. The lowest BCUT2D eigenvalue weighted by Gasteiger charge is -2.36. The summed E-state index contributed by atoms with van der Waals surface area (Å²) in [6, 6.07) is 0.0605. The number of rotatable bonds is 7. The Balaban J connectivity index is 1.76. The van der Waals surface area contributed by atoms with Crippen molar-refractivity contribution < 1.29 is 9.32 Å². The van der Waals surface area contributed by atoms with Crippen LogP contribution in [0.25, 0.3) is 22.4 Å². The van der Waals surface area contributed by atoms with Gasteiger partial charge in [-0.2, -0.15) is 5.10 Å². The summed E-state index contributed by atoms with van der Waals surface area (Å²) in [6.07, 6.45) is 8.05. The lowest BCUT2D eigenvalue weighted by atomic mass is 9.67. The molecule has 3 aromatic rings. The maximum absolute atomic E-state index is 13.7. The van der Waals surface area contributed by atoms with E-state index in [0.717, 1.165) is 56.3 Å². The molecule has 33 heavy (non-hydrogen) atoms. The number of hydrogen-bond donors (Lipinski definition) is 3. The number of carbonyl (C=O) groups is 1. The second-order valence-corrected chi connectivity index (χ2v) is 9.58. The minimum atomic E-state index is -0.723. The lowest BCUT2D eigenvalue weighted by molar-refractivity contribution is -0.128. The number of nitrogens with one attached hydrogen (secondary N) is 1. The topological polar surface area (TPSA) is 151 Å². The molecular weight excluding hydrogens is 420 g/mol. The van der Waals surface area contributed by atoms with Crippen molar-refractivity contribution in [2.24, 2.45) is 5.73 Å². The van der Waals surface area contributed by atoms with Crippen LogP contribution in [-0.2, 0) is 10.2 Å². The first-order valence-corrected chi connectivity index (χ1v) is 12.0. The minimum absolute atomic E-state index is 0.00387. The summed E-state index contributed by atoms with van der Waals surface area (Å²) in [5, 5.41) is 13.1. The van der Waals surface area contributed by atoms with Gasteiger partial charge in [0.15, 0.2) is 5.65 Å². The van der Waals surface area contributed by atoms with Crippen LogP contribution in [0, 0.1) is 0 Å². The molecule has 10 nitrogen and oxygen atoms in total. The van der Waals surface area contributed by atoms with E-state index in [9.17, 15) is 4.79 Å². The van der Waals surface area contributed by atoms with Crippen molar-refractivity contribution in [3.05, 3.63) is 17.7 Å². The molecule has 0 spiro atoms. The molecule has 0 bridgehead atoms. The number of amides is 1. The SMILES string of the molecule is CC(C)n1nc(-c2noc(C3CC3)c2C2(C(=O)NCCN)CCCCC2)c2c(N)ncnc21. The summed E-state index contributed by atoms with van der Waals surface area (Å²) in [5.74, 6) is 1.44. The highest BCUT2D eigenvalue weighted by atomic mass is 16.5. The normalized spacial score (nSPS) is 18.2. The maximum atomic E-state index is 13.7. The molecule has 2 aliphatic rings. The highest BCUT2D eigenvalue weighted by Crippen LogP contribution is 2.52. The predicted octanol–water partition coefficient (Wildman–Crippen LogP) is 2.80. The van der Waals surface area contributed by atoms with Crippen LogP contribution in [0.5, 0.6) is 0 Å². The monoisotopic (exact) mass is 452 g/mol. The largest absolute Gasteiger partial charge is 0.383 e. The quantitative estimate of drug-likeness (QED) is 0.495. The van der Waals surface area contributed by atoms with Gasteiger partial charge in [0, 0.05) is 30.6 Å². The van der Waals surface area contributed by atoms with Crippen molar-refractivity contribution in [3.8, 4) is 11.4 Å². The van der Waals surface area contributed by atoms with Crippen LogP contribution in [0.3, 0.4) is 0 Å². The van der Waals surface area contributed by atoms with Crippen LogP contribution in [0.1, 0.15) is 82.1 Å². The number of carbonyl (C=O) groups excluding carboxylic acids is 1. The molecule has 0 atom stereocenters. The molecule has 0 radical (unpaired) electrons. The molecule has 10 heteroatoms. The van der Waals surface area contributed by atoms with Gasteiger partial charge in [0.05, 0.1) is 10.8 Å². The third kappa shape index (κ3) is 3.56. The Morgan fingerprint density at radius 1 is 1.24 bits per heavy atom. The first-order chi connectivity index (χ1) is 16.0. The summed E-state index contributed by atoms with van der Waals surface area (Å²) in [7, 11) is 0. The van der Waals surface area contributed by atoms with Gasteiger partial charge in [0.1, 0.15) is 29.3 Å². The second-order valence-electron chi connectivity index (χ2n) is 9.58. The number of nitrogens with two attached hydrogens (primary N) is 2. The average Bonchev–Trinajstić information content (AvgIpc) is 3.43. The van der Waals surface area contributed by atoms with Crippen LogP contribution >= 0.6 is 0 Å². The molecule has 5 rings (SSSR count). The zero-order chi connectivity index (χ0) is 23.2. The van der Waals surface area contributed by atoms with Gasteiger partial charge in [0.2, 0.25) is 5.91 Å². The summed E-state index contributed by atoms with van der Waals surface area (Å²) >= 11 is 0. The van der Waals surface area contributed by atoms with Gasteiger partial charge in [-0.15, -0.1) is 0 Å². The highest BCUT2D eigenvalue weighted by Gasteiger charge is 2.49. The Hall–Kier alpha value is -3.01. The molecule has 2 fully saturated rings. The molecule has 2 saturated carbocycles. The van der Waals surface area contributed by atoms with E-state index in [4.69, 9.17) is 21.1 Å². The Morgan fingerprint density at radius 3 is 2.67 bits per heavy atom. The van der Waals surface area contributed by atoms with E-state index in [1.165, 1.54) is 6.33 Å². The molecule has 0 aromatic carbocycles. The van der Waals surface area contributed by atoms with E-state index in [1.807, 2.05) is 18.5 Å². The summed E-state index contributed by atoms with van der Waals surface area (Å²) in [5.41, 5.74) is 14.0. The second kappa shape index (κ2) is 8.40. The van der Waals surface area contributed by atoms with Gasteiger partial charge in [-0.3, -0.25) is 4.79 Å². The van der Waals surface area contributed by atoms with E-state index in [0.29, 0.717) is 41.3 Å².